The molecule has 0 bridgehead atoms. The van der Waals surface area contributed by atoms with Crippen LogP contribution in [0.4, 0.5) is 0 Å². The molecule has 0 spiro atoms. The first-order valence-corrected chi connectivity index (χ1v) is 7.18. The van der Waals surface area contributed by atoms with E-state index in [1.165, 1.54) is 11.1 Å². The second-order valence-corrected chi connectivity index (χ2v) is 5.24. The molecule has 2 aromatic rings. The average Bonchev–Trinajstić information content (AvgIpc) is 2.48. The molecule has 0 aromatic heterocycles. The van der Waals surface area contributed by atoms with Crippen molar-refractivity contribution < 1.29 is 4.74 Å². The molecule has 1 N–H and O–H groups in total. The minimum atomic E-state index is 0.208. The third-order valence-electron chi connectivity index (χ3n) is 3.48. The van der Waals surface area contributed by atoms with E-state index in [0.717, 1.165) is 12.2 Å². The first-order valence-electron chi connectivity index (χ1n) is 7.18. The Labute approximate surface area is 121 Å². The highest BCUT2D eigenvalue weighted by Gasteiger charge is 2.08. The summed E-state index contributed by atoms with van der Waals surface area (Å²) in [5, 5.41) is 3.23. The highest BCUT2D eigenvalue weighted by molar-refractivity contribution is 5.63. The van der Waals surface area contributed by atoms with E-state index in [1.807, 2.05) is 25.2 Å². The molecular weight excluding hydrogens is 246 g/mol. The molecule has 20 heavy (non-hydrogen) atoms. The summed E-state index contributed by atoms with van der Waals surface area (Å²) in [6.07, 6.45) is 1.21. The van der Waals surface area contributed by atoms with Crippen molar-refractivity contribution in [3.05, 3.63) is 54.6 Å². The van der Waals surface area contributed by atoms with Crippen LogP contribution in [-0.2, 0) is 0 Å². The van der Waals surface area contributed by atoms with Crippen molar-refractivity contribution in [1.29, 1.82) is 0 Å². The van der Waals surface area contributed by atoms with Crippen LogP contribution in [0, 0.1) is 0 Å². The summed E-state index contributed by atoms with van der Waals surface area (Å²) in [4.78, 5) is 0. The van der Waals surface area contributed by atoms with Crippen molar-refractivity contribution in [2.24, 2.45) is 0 Å². The van der Waals surface area contributed by atoms with Crippen molar-refractivity contribution in [3.8, 4) is 16.9 Å². The first-order chi connectivity index (χ1) is 9.69. The maximum Gasteiger partial charge on any atom is 0.119 e. The molecule has 2 aromatic carbocycles. The van der Waals surface area contributed by atoms with Crippen molar-refractivity contribution in [2.45, 2.75) is 32.4 Å². The SMILES string of the molecule is CNC(C)CC(C)Oc1ccc(-c2ccccc2)cc1. The number of benzene rings is 2. The fraction of sp³-hybridized carbons (Fsp3) is 0.333. The zero-order chi connectivity index (χ0) is 14.4. The molecule has 2 unspecified atom stereocenters. The lowest BCUT2D eigenvalue weighted by Crippen LogP contribution is -2.28. The van der Waals surface area contributed by atoms with Crippen LogP contribution in [0.1, 0.15) is 20.3 Å². The van der Waals surface area contributed by atoms with Gasteiger partial charge >= 0.3 is 0 Å². The van der Waals surface area contributed by atoms with Gasteiger partial charge in [0.25, 0.3) is 0 Å². The van der Waals surface area contributed by atoms with Gasteiger partial charge in [0, 0.05) is 6.04 Å². The van der Waals surface area contributed by atoms with Gasteiger partial charge in [-0.05, 0) is 50.6 Å². The molecule has 2 heteroatoms. The lowest BCUT2D eigenvalue weighted by atomic mass is 10.1. The third-order valence-corrected chi connectivity index (χ3v) is 3.48. The van der Waals surface area contributed by atoms with E-state index in [1.54, 1.807) is 0 Å². The molecule has 0 aliphatic rings. The Balaban J connectivity index is 1.98. The fourth-order valence-electron chi connectivity index (χ4n) is 2.25. The second kappa shape index (κ2) is 7.11. The van der Waals surface area contributed by atoms with Crippen LogP contribution >= 0.6 is 0 Å². The minimum absolute atomic E-state index is 0.208. The largest absolute Gasteiger partial charge is 0.491 e. The van der Waals surface area contributed by atoms with Crippen LogP contribution in [0.15, 0.2) is 54.6 Å². The van der Waals surface area contributed by atoms with E-state index < -0.39 is 0 Å². The van der Waals surface area contributed by atoms with Gasteiger partial charge in [-0.3, -0.25) is 0 Å². The van der Waals surface area contributed by atoms with Crippen molar-refractivity contribution in [2.75, 3.05) is 7.05 Å². The van der Waals surface area contributed by atoms with Crippen LogP contribution in [-0.4, -0.2) is 19.2 Å². The fourth-order valence-corrected chi connectivity index (χ4v) is 2.25. The van der Waals surface area contributed by atoms with Gasteiger partial charge in [0.05, 0.1) is 6.10 Å². The van der Waals surface area contributed by atoms with Gasteiger partial charge < -0.3 is 10.1 Å². The Morgan fingerprint density at radius 1 is 0.900 bits per heavy atom. The van der Waals surface area contributed by atoms with E-state index in [2.05, 4.69) is 55.6 Å². The summed E-state index contributed by atoms with van der Waals surface area (Å²) in [7, 11) is 1.98. The number of rotatable bonds is 6. The summed E-state index contributed by atoms with van der Waals surface area (Å²) >= 11 is 0. The summed E-state index contributed by atoms with van der Waals surface area (Å²) in [5.41, 5.74) is 2.45. The second-order valence-electron chi connectivity index (χ2n) is 5.24. The Hall–Kier alpha value is -1.80. The van der Waals surface area contributed by atoms with Gasteiger partial charge in [0.1, 0.15) is 5.75 Å². The molecular formula is C18H23NO. The lowest BCUT2D eigenvalue weighted by Gasteiger charge is -2.18. The first kappa shape index (κ1) is 14.6. The Bertz CT molecular complexity index is 507. The van der Waals surface area contributed by atoms with Crippen molar-refractivity contribution >= 4 is 0 Å². The molecule has 0 radical (unpaired) electrons. The number of hydrogen-bond donors (Lipinski definition) is 1. The molecule has 0 saturated heterocycles. The molecule has 0 saturated carbocycles. The lowest BCUT2D eigenvalue weighted by molar-refractivity contribution is 0.198. The quantitative estimate of drug-likeness (QED) is 0.851. The molecule has 0 aliphatic carbocycles. The van der Waals surface area contributed by atoms with Crippen LogP contribution in [0.3, 0.4) is 0 Å². The molecule has 0 amide bonds. The molecule has 2 nitrogen and oxygen atoms in total. The summed E-state index contributed by atoms with van der Waals surface area (Å²) < 4.78 is 5.94. The molecule has 0 heterocycles. The predicted molar refractivity (Wildman–Crippen MR) is 85.1 cm³/mol. The molecule has 2 atom stereocenters. The zero-order valence-corrected chi connectivity index (χ0v) is 12.5. The maximum atomic E-state index is 5.94. The predicted octanol–water partition coefficient (Wildman–Crippen LogP) is 4.12. The minimum Gasteiger partial charge on any atom is -0.491 e. The summed E-state index contributed by atoms with van der Waals surface area (Å²) in [5.74, 6) is 0.931. The summed E-state index contributed by atoms with van der Waals surface area (Å²) in [6, 6.07) is 19.2. The number of hydrogen-bond acceptors (Lipinski definition) is 2. The van der Waals surface area contributed by atoms with Gasteiger partial charge in [-0.1, -0.05) is 42.5 Å². The molecule has 0 fully saturated rings. The van der Waals surface area contributed by atoms with Crippen LogP contribution < -0.4 is 10.1 Å². The standard InChI is InChI=1S/C18H23NO/c1-14(19-3)13-15(2)20-18-11-9-17(10-12-18)16-7-5-4-6-8-16/h4-12,14-15,19H,13H2,1-3H3. The van der Waals surface area contributed by atoms with Gasteiger partial charge in [-0.2, -0.15) is 0 Å². The molecule has 106 valence electrons. The van der Waals surface area contributed by atoms with Gasteiger partial charge in [-0.25, -0.2) is 0 Å². The van der Waals surface area contributed by atoms with Crippen LogP contribution in [0.2, 0.25) is 0 Å². The van der Waals surface area contributed by atoms with Crippen LogP contribution in [0.5, 0.6) is 5.75 Å². The monoisotopic (exact) mass is 269 g/mol. The van der Waals surface area contributed by atoms with E-state index in [4.69, 9.17) is 4.74 Å². The van der Waals surface area contributed by atoms with Crippen molar-refractivity contribution in [1.82, 2.24) is 5.32 Å². The third kappa shape index (κ3) is 4.10. The topological polar surface area (TPSA) is 21.3 Å². The van der Waals surface area contributed by atoms with Gasteiger partial charge in [0.15, 0.2) is 0 Å². The Morgan fingerprint density at radius 2 is 1.50 bits per heavy atom. The van der Waals surface area contributed by atoms with E-state index in [0.29, 0.717) is 6.04 Å². The normalized spacial score (nSPS) is 13.8. The number of ether oxygens (including phenoxy) is 1. The molecule has 0 aliphatic heterocycles. The zero-order valence-electron chi connectivity index (χ0n) is 12.5. The van der Waals surface area contributed by atoms with Crippen LogP contribution in [0.25, 0.3) is 11.1 Å². The highest BCUT2D eigenvalue weighted by Crippen LogP contribution is 2.23. The van der Waals surface area contributed by atoms with Crippen molar-refractivity contribution in [3.63, 3.8) is 0 Å². The van der Waals surface area contributed by atoms with Gasteiger partial charge in [-0.15, -0.1) is 0 Å². The number of nitrogens with one attached hydrogen (secondary N) is 1. The smallest absolute Gasteiger partial charge is 0.119 e. The Morgan fingerprint density at radius 3 is 2.10 bits per heavy atom. The Kier molecular flexibility index (Phi) is 5.19. The van der Waals surface area contributed by atoms with E-state index >= 15 is 0 Å². The average molecular weight is 269 g/mol. The summed E-state index contributed by atoms with van der Waals surface area (Å²) in [6.45, 7) is 4.28. The van der Waals surface area contributed by atoms with E-state index in [-0.39, 0.29) is 6.10 Å². The van der Waals surface area contributed by atoms with E-state index in [9.17, 15) is 0 Å². The maximum absolute atomic E-state index is 5.94. The molecule has 2 rings (SSSR count). The van der Waals surface area contributed by atoms with Gasteiger partial charge in [0.2, 0.25) is 0 Å². The highest BCUT2D eigenvalue weighted by atomic mass is 16.5.